The normalized spacial score (nSPS) is 16.3. The molecular weight excluding hydrogens is 363 g/mol. The number of rotatable bonds is 4. The van der Waals surface area contributed by atoms with E-state index < -0.39 is 29.7 Å². The highest BCUT2D eigenvalue weighted by atomic mass is 35.5. The molecule has 1 aliphatic rings. The number of benzene rings is 2. The maximum Gasteiger partial charge on any atom is 0.328 e. The summed E-state index contributed by atoms with van der Waals surface area (Å²) in [5, 5.41) is 4.92. The molecule has 0 spiro atoms. The van der Waals surface area contributed by atoms with E-state index in [4.69, 9.17) is 23.2 Å². The van der Waals surface area contributed by atoms with Gasteiger partial charge < -0.3 is 0 Å². The van der Waals surface area contributed by atoms with Gasteiger partial charge in [-0.1, -0.05) is 65.7 Å². The SMILES string of the molecule is O=C1NC(=O)C(C(Cc2ccccc2)c2cccc(Cl)c2Cl)C(=O)N1. The van der Waals surface area contributed by atoms with Crippen LogP contribution in [0.2, 0.25) is 10.0 Å². The van der Waals surface area contributed by atoms with Crippen molar-refractivity contribution in [3.8, 4) is 0 Å². The van der Waals surface area contributed by atoms with E-state index >= 15 is 0 Å². The molecule has 0 aliphatic carbocycles. The quantitative estimate of drug-likeness (QED) is 0.803. The monoisotopic (exact) mass is 376 g/mol. The first-order valence-electron chi connectivity index (χ1n) is 7.61. The lowest BCUT2D eigenvalue weighted by atomic mass is 9.79. The number of halogens is 2. The van der Waals surface area contributed by atoms with Crippen molar-refractivity contribution in [1.29, 1.82) is 0 Å². The highest BCUT2D eigenvalue weighted by Gasteiger charge is 2.41. The van der Waals surface area contributed by atoms with Crippen LogP contribution < -0.4 is 10.6 Å². The number of barbiturate groups is 1. The average molecular weight is 377 g/mol. The zero-order valence-corrected chi connectivity index (χ0v) is 14.5. The lowest BCUT2D eigenvalue weighted by Gasteiger charge is -2.29. The van der Waals surface area contributed by atoms with Gasteiger partial charge in [0, 0.05) is 5.92 Å². The first kappa shape index (κ1) is 17.5. The Hall–Kier alpha value is -2.37. The lowest BCUT2D eigenvalue weighted by Crippen LogP contribution is -2.57. The molecular formula is C18H14Cl2N2O3. The van der Waals surface area contributed by atoms with E-state index in [-0.39, 0.29) is 0 Å². The largest absolute Gasteiger partial charge is 0.328 e. The van der Waals surface area contributed by atoms with Crippen molar-refractivity contribution in [3.63, 3.8) is 0 Å². The number of hydrogen-bond donors (Lipinski definition) is 2. The predicted molar refractivity (Wildman–Crippen MR) is 94.5 cm³/mol. The number of hydrogen-bond acceptors (Lipinski definition) is 3. The molecule has 1 atom stereocenters. The van der Waals surface area contributed by atoms with Crippen LogP contribution in [0.25, 0.3) is 0 Å². The third-order valence-electron chi connectivity index (χ3n) is 4.12. The number of imide groups is 2. The highest BCUT2D eigenvalue weighted by molar-refractivity contribution is 6.42. The Kier molecular flexibility index (Phi) is 5.06. The van der Waals surface area contributed by atoms with Gasteiger partial charge in [0.25, 0.3) is 0 Å². The van der Waals surface area contributed by atoms with Crippen LogP contribution in [0, 0.1) is 5.92 Å². The van der Waals surface area contributed by atoms with Gasteiger partial charge in [0.15, 0.2) is 0 Å². The Balaban J connectivity index is 2.05. The van der Waals surface area contributed by atoms with E-state index in [0.717, 1.165) is 5.56 Å². The fourth-order valence-electron chi connectivity index (χ4n) is 2.98. The first-order valence-corrected chi connectivity index (χ1v) is 8.36. The van der Waals surface area contributed by atoms with Gasteiger partial charge in [0.2, 0.25) is 11.8 Å². The summed E-state index contributed by atoms with van der Waals surface area (Å²) in [6, 6.07) is 13.7. The molecule has 2 N–H and O–H groups in total. The fourth-order valence-corrected chi connectivity index (χ4v) is 3.43. The number of carbonyl (C=O) groups is 3. The van der Waals surface area contributed by atoms with Crippen molar-refractivity contribution in [2.45, 2.75) is 12.3 Å². The fraction of sp³-hybridized carbons (Fsp3) is 0.167. The maximum atomic E-state index is 12.3. The van der Waals surface area contributed by atoms with Crippen molar-refractivity contribution in [2.24, 2.45) is 5.92 Å². The molecule has 25 heavy (non-hydrogen) atoms. The van der Waals surface area contributed by atoms with Gasteiger partial charge in [-0.15, -0.1) is 0 Å². The van der Waals surface area contributed by atoms with Gasteiger partial charge in [-0.2, -0.15) is 0 Å². The van der Waals surface area contributed by atoms with E-state index in [9.17, 15) is 14.4 Å². The van der Waals surface area contributed by atoms with Crippen LogP contribution >= 0.6 is 23.2 Å². The van der Waals surface area contributed by atoms with Gasteiger partial charge >= 0.3 is 6.03 Å². The molecule has 0 radical (unpaired) electrons. The number of carbonyl (C=O) groups excluding carboxylic acids is 3. The number of nitrogens with one attached hydrogen (secondary N) is 2. The van der Waals surface area contributed by atoms with E-state index in [1.54, 1.807) is 18.2 Å². The molecule has 1 aliphatic heterocycles. The van der Waals surface area contributed by atoms with Crippen LogP contribution in [-0.4, -0.2) is 17.8 Å². The average Bonchev–Trinajstić information content (AvgIpc) is 2.57. The molecule has 2 aromatic rings. The summed E-state index contributed by atoms with van der Waals surface area (Å²) in [5.74, 6) is -2.95. The van der Waals surface area contributed by atoms with E-state index in [1.807, 2.05) is 30.3 Å². The summed E-state index contributed by atoms with van der Waals surface area (Å²) < 4.78 is 0. The van der Waals surface area contributed by atoms with Crippen molar-refractivity contribution >= 4 is 41.0 Å². The van der Waals surface area contributed by atoms with Crippen LogP contribution in [0.15, 0.2) is 48.5 Å². The number of amides is 4. The van der Waals surface area contributed by atoms with Crippen molar-refractivity contribution < 1.29 is 14.4 Å². The summed E-state index contributed by atoms with van der Waals surface area (Å²) in [7, 11) is 0. The van der Waals surface area contributed by atoms with E-state index in [2.05, 4.69) is 10.6 Å². The third-order valence-corrected chi connectivity index (χ3v) is 4.95. The van der Waals surface area contributed by atoms with Crippen molar-refractivity contribution in [1.82, 2.24) is 10.6 Å². The molecule has 5 nitrogen and oxygen atoms in total. The van der Waals surface area contributed by atoms with Crippen LogP contribution in [0.5, 0.6) is 0 Å². The topological polar surface area (TPSA) is 75.3 Å². The minimum absolute atomic E-state index is 0.294. The molecule has 1 heterocycles. The minimum atomic E-state index is -1.09. The summed E-state index contributed by atoms with van der Waals surface area (Å²) >= 11 is 12.4. The standard InChI is InChI=1S/C18H14Cl2N2O3/c19-13-8-4-7-11(15(13)20)12(9-10-5-2-1-3-6-10)14-16(23)21-18(25)22-17(14)24/h1-8,12,14H,9H2,(H2,21,22,23,24,25). The molecule has 0 saturated carbocycles. The molecule has 3 rings (SSSR count). The second kappa shape index (κ2) is 7.25. The van der Waals surface area contributed by atoms with Gasteiger partial charge in [0.05, 0.1) is 10.0 Å². The summed E-state index contributed by atoms with van der Waals surface area (Å²) in [6.45, 7) is 0. The van der Waals surface area contributed by atoms with Gasteiger partial charge in [0.1, 0.15) is 5.92 Å². The van der Waals surface area contributed by atoms with Crippen LogP contribution in [0.3, 0.4) is 0 Å². The summed E-state index contributed by atoms with van der Waals surface area (Å²) in [4.78, 5) is 36.1. The molecule has 0 aromatic heterocycles. The van der Waals surface area contributed by atoms with Gasteiger partial charge in [-0.3, -0.25) is 20.2 Å². The lowest BCUT2D eigenvalue weighted by molar-refractivity contribution is -0.136. The maximum absolute atomic E-state index is 12.3. The smallest absolute Gasteiger partial charge is 0.277 e. The Morgan fingerprint density at radius 3 is 2.16 bits per heavy atom. The zero-order valence-electron chi connectivity index (χ0n) is 13.0. The van der Waals surface area contributed by atoms with E-state index in [1.165, 1.54) is 0 Å². The third kappa shape index (κ3) is 3.67. The Labute approximate surface area is 154 Å². The number of urea groups is 1. The molecule has 128 valence electrons. The summed E-state index contributed by atoms with van der Waals surface area (Å²) in [5.41, 5.74) is 1.52. The zero-order chi connectivity index (χ0) is 18.0. The minimum Gasteiger partial charge on any atom is -0.277 e. The molecule has 7 heteroatoms. The van der Waals surface area contributed by atoms with Crippen molar-refractivity contribution in [2.75, 3.05) is 0 Å². The van der Waals surface area contributed by atoms with Gasteiger partial charge in [-0.25, -0.2) is 4.79 Å². The van der Waals surface area contributed by atoms with Crippen LogP contribution in [0.1, 0.15) is 17.0 Å². The Morgan fingerprint density at radius 1 is 0.880 bits per heavy atom. The van der Waals surface area contributed by atoms with E-state index in [0.29, 0.717) is 22.0 Å². The predicted octanol–water partition coefficient (Wildman–Crippen LogP) is 3.30. The van der Waals surface area contributed by atoms with Crippen LogP contribution in [-0.2, 0) is 16.0 Å². The van der Waals surface area contributed by atoms with Crippen LogP contribution in [0.4, 0.5) is 4.79 Å². The molecule has 1 unspecified atom stereocenters. The molecule has 4 amide bonds. The Bertz CT molecular complexity index is 819. The highest BCUT2D eigenvalue weighted by Crippen LogP contribution is 2.37. The van der Waals surface area contributed by atoms with Gasteiger partial charge in [-0.05, 0) is 23.6 Å². The molecule has 0 bridgehead atoms. The summed E-state index contributed by atoms with van der Waals surface area (Å²) in [6.07, 6.45) is 0.389. The second-order valence-electron chi connectivity index (χ2n) is 5.72. The molecule has 1 saturated heterocycles. The molecule has 1 fully saturated rings. The second-order valence-corrected chi connectivity index (χ2v) is 6.51. The first-order chi connectivity index (χ1) is 12.0. The van der Waals surface area contributed by atoms with Crippen molar-refractivity contribution in [3.05, 3.63) is 69.7 Å². The Morgan fingerprint density at radius 2 is 1.52 bits per heavy atom. The molecule has 2 aromatic carbocycles.